The molecule has 0 aliphatic carbocycles. The first-order valence-electron chi connectivity index (χ1n) is 3.25. The molecule has 0 aliphatic rings. The third kappa shape index (κ3) is 3.17. The quantitative estimate of drug-likeness (QED) is 0.438. The van der Waals surface area contributed by atoms with Gasteiger partial charge in [-0.05, 0) is 13.8 Å². The summed E-state index contributed by atoms with van der Waals surface area (Å²) in [4.78, 5) is 20.0. The van der Waals surface area contributed by atoms with Crippen molar-refractivity contribution in [3.05, 3.63) is 11.1 Å². The summed E-state index contributed by atoms with van der Waals surface area (Å²) in [6.45, 7) is 3.74. The summed E-state index contributed by atoms with van der Waals surface area (Å²) in [6.07, 6.45) is 2.59. The van der Waals surface area contributed by atoms with Crippen LogP contribution in [0.25, 0.3) is 0 Å². The first-order chi connectivity index (χ1) is 4.72. The van der Waals surface area contributed by atoms with Crippen molar-refractivity contribution in [3.8, 4) is 0 Å². The highest BCUT2D eigenvalue weighted by molar-refractivity contribution is 5.58. The number of carbonyl (C=O) groups is 2. The van der Waals surface area contributed by atoms with Crippen molar-refractivity contribution in [2.45, 2.75) is 26.7 Å². The van der Waals surface area contributed by atoms with Crippen LogP contribution in [0.4, 0.5) is 0 Å². The fourth-order valence-electron chi connectivity index (χ4n) is 0.598. The lowest BCUT2D eigenvalue weighted by Gasteiger charge is -1.98. The first kappa shape index (κ1) is 9.08. The van der Waals surface area contributed by atoms with Crippen molar-refractivity contribution in [1.29, 1.82) is 0 Å². The Bertz CT molecular complexity index is 139. The summed E-state index contributed by atoms with van der Waals surface area (Å²) in [5.41, 5.74) is 2.00. The molecule has 0 saturated carbocycles. The van der Waals surface area contributed by atoms with E-state index in [1.807, 2.05) is 13.8 Å². The van der Waals surface area contributed by atoms with Crippen LogP contribution < -0.4 is 0 Å². The summed E-state index contributed by atoms with van der Waals surface area (Å²) in [7, 11) is 0. The third-order valence-electron chi connectivity index (χ3n) is 1.51. The van der Waals surface area contributed by atoms with Crippen molar-refractivity contribution in [2.24, 2.45) is 0 Å². The van der Waals surface area contributed by atoms with E-state index < -0.39 is 0 Å². The molecular weight excluding hydrogens is 128 g/mol. The molecule has 0 aliphatic heterocycles. The van der Waals surface area contributed by atoms with Crippen LogP contribution in [0, 0.1) is 0 Å². The van der Waals surface area contributed by atoms with Gasteiger partial charge in [-0.15, -0.1) is 0 Å². The lowest BCUT2D eigenvalue weighted by atomic mass is 10.1. The molecule has 2 heteroatoms. The minimum absolute atomic E-state index is 0.444. The topological polar surface area (TPSA) is 34.1 Å². The van der Waals surface area contributed by atoms with Gasteiger partial charge in [0.05, 0.1) is 0 Å². The molecular formula is C8H12O2. The van der Waals surface area contributed by atoms with E-state index in [-0.39, 0.29) is 0 Å². The Labute approximate surface area is 60.9 Å². The van der Waals surface area contributed by atoms with Crippen molar-refractivity contribution < 1.29 is 9.59 Å². The number of allylic oxidation sites excluding steroid dienone is 2. The zero-order valence-corrected chi connectivity index (χ0v) is 6.39. The summed E-state index contributed by atoms with van der Waals surface area (Å²) < 4.78 is 0. The van der Waals surface area contributed by atoms with Gasteiger partial charge in [-0.25, -0.2) is 0 Å². The summed E-state index contributed by atoms with van der Waals surface area (Å²) in [5, 5.41) is 0. The highest BCUT2D eigenvalue weighted by Gasteiger charge is 1.94. The van der Waals surface area contributed by atoms with Crippen LogP contribution in [0.5, 0.6) is 0 Å². The van der Waals surface area contributed by atoms with E-state index in [4.69, 9.17) is 0 Å². The molecule has 10 heavy (non-hydrogen) atoms. The fraction of sp³-hybridized carbons (Fsp3) is 0.500. The van der Waals surface area contributed by atoms with Gasteiger partial charge in [0.15, 0.2) is 0 Å². The van der Waals surface area contributed by atoms with E-state index >= 15 is 0 Å². The van der Waals surface area contributed by atoms with E-state index in [2.05, 4.69) is 0 Å². The fourth-order valence-corrected chi connectivity index (χ4v) is 0.598. The molecule has 0 bridgehead atoms. The molecule has 0 unspecified atom stereocenters. The molecule has 0 aromatic carbocycles. The van der Waals surface area contributed by atoms with Crippen LogP contribution >= 0.6 is 0 Å². The standard InChI is InChI=1S/C8H12O2/c1-7(3-5-9)8(2)4-6-10/h5-6H,3-4H2,1-2H3/b8-7+. The lowest BCUT2D eigenvalue weighted by Crippen LogP contribution is -1.86. The van der Waals surface area contributed by atoms with Crippen LogP contribution in [0.2, 0.25) is 0 Å². The van der Waals surface area contributed by atoms with E-state index in [1.165, 1.54) is 0 Å². The molecule has 0 spiro atoms. The predicted octanol–water partition coefficient (Wildman–Crippen LogP) is 1.50. The van der Waals surface area contributed by atoms with Crippen molar-refractivity contribution >= 4 is 12.6 Å². The molecule has 0 radical (unpaired) electrons. The molecule has 0 aromatic rings. The summed E-state index contributed by atoms with van der Waals surface area (Å²) in [6, 6.07) is 0. The van der Waals surface area contributed by atoms with Gasteiger partial charge in [-0.1, -0.05) is 11.1 Å². The van der Waals surface area contributed by atoms with Crippen LogP contribution in [-0.4, -0.2) is 12.6 Å². The SMILES string of the molecule is C/C(CC=O)=C(/C)CC=O. The molecule has 0 rings (SSSR count). The Hall–Kier alpha value is -0.920. The Morgan fingerprint density at radius 3 is 1.50 bits per heavy atom. The van der Waals surface area contributed by atoms with Crippen molar-refractivity contribution in [2.75, 3.05) is 0 Å². The Morgan fingerprint density at radius 1 is 1.00 bits per heavy atom. The van der Waals surface area contributed by atoms with Gasteiger partial charge in [0.1, 0.15) is 12.6 Å². The molecule has 0 amide bonds. The summed E-state index contributed by atoms with van der Waals surface area (Å²) >= 11 is 0. The zero-order chi connectivity index (χ0) is 7.98. The smallest absolute Gasteiger partial charge is 0.124 e. The lowest BCUT2D eigenvalue weighted by molar-refractivity contribution is -0.108. The average molecular weight is 140 g/mol. The second kappa shape index (κ2) is 4.91. The first-order valence-corrected chi connectivity index (χ1v) is 3.25. The van der Waals surface area contributed by atoms with Crippen LogP contribution in [0.15, 0.2) is 11.1 Å². The van der Waals surface area contributed by atoms with Crippen LogP contribution in [0.1, 0.15) is 26.7 Å². The minimum atomic E-state index is 0.444. The van der Waals surface area contributed by atoms with E-state index in [1.54, 1.807) is 0 Å². The Balaban J connectivity index is 4.02. The van der Waals surface area contributed by atoms with E-state index in [0.717, 1.165) is 23.7 Å². The molecule has 0 saturated heterocycles. The van der Waals surface area contributed by atoms with Crippen LogP contribution in [0.3, 0.4) is 0 Å². The number of aldehydes is 2. The van der Waals surface area contributed by atoms with Gasteiger partial charge in [0.2, 0.25) is 0 Å². The number of hydrogen-bond acceptors (Lipinski definition) is 2. The monoisotopic (exact) mass is 140 g/mol. The average Bonchev–Trinajstić information content (AvgIpc) is 1.89. The largest absolute Gasteiger partial charge is 0.303 e. The highest BCUT2D eigenvalue weighted by atomic mass is 16.1. The molecule has 0 atom stereocenters. The van der Waals surface area contributed by atoms with Gasteiger partial charge < -0.3 is 9.59 Å². The van der Waals surface area contributed by atoms with E-state index in [9.17, 15) is 9.59 Å². The third-order valence-corrected chi connectivity index (χ3v) is 1.51. The van der Waals surface area contributed by atoms with Gasteiger partial charge in [0.25, 0.3) is 0 Å². The summed E-state index contributed by atoms with van der Waals surface area (Å²) in [5.74, 6) is 0. The second-order valence-electron chi connectivity index (χ2n) is 2.30. The molecule has 56 valence electrons. The number of carbonyl (C=O) groups excluding carboxylic acids is 2. The highest BCUT2D eigenvalue weighted by Crippen LogP contribution is 2.07. The molecule has 2 nitrogen and oxygen atoms in total. The van der Waals surface area contributed by atoms with Gasteiger partial charge in [-0.3, -0.25) is 0 Å². The van der Waals surface area contributed by atoms with Gasteiger partial charge in [-0.2, -0.15) is 0 Å². The van der Waals surface area contributed by atoms with Crippen molar-refractivity contribution in [3.63, 3.8) is 0 Å². The maximum Gasteiger partial charge on any atom is 0.124 e. The Kier molecular flexibility index (Phi) is 4.46. The normalized spacial score (nSPS) is 12.2. The minimum Gasteiger partial charge on any atom is -0.303 e. The zero-order valence-electron chi connectivity index (χ0n) is 6.39. The number of rotatable bonds is 4. The maximum absolute atomic E-state index is 10.0. The number of hydrogen-bond donors (Lipinski definition) is 0. The maximum atomic E-state index is 10.0. The van der Waals surface area contributed by atoms with E-state index in [0.29, 0.717) is 12.8 Å². The Morgan fingerprint density at radius 2 is 1.30 bits per heavy atom. The second-order valence-corrected chi connectivity index (χ2v) is 2.30. The molecule has 0 heterocycles. The van der Waals surface area contributed by atoms with Crippen LogP contribution in [-0.2, 0) is 9.59 Å². The molecule has 0 aromatic heterocycles. The molecule has 0 fully saturated rings. The predicted molar refractivity (Wildman–Crippen MR) is 39.7 cm³/mol. The molecule has 0 N–H and O–H groups in total. The van der Waals surface area contributed by atoms with Gasteiger partial charge >= 0.3 is 0 Å². The van der Waals surface area contributed by atoms with Gasteiger partial charge in [0, 0.05) is 12.8 Å². The van der Waals surface area contributed by atoms with Crippen molar-refractivity contribution in [1.82, 2.24) is 0 Å².